The maximum absolute atomic E-state index is 12.9. The van der Waals surface area contributed by atoms with Gasteiger partial charge in [0.25, 0.3) is 11.5 Å². The van der Waals surface area contributed by atoms with Gasteiger partial charge in [-0.1, -0.05) is 78.9 Å². The van der Waals surface area contributed by atoms with Crippen LogP contribution in [0.4, 0.5) is 0 Å². The summed E-state index contributed by atoms with van der Waals surface area (Å²) in [5.41, 5.74) is 1.81. The third-order valence-electron chi connectivity index (χ3n) is 5.42. The van der Waals surface area contributed by atoms with Gasteiger partial charge in [-0.05, 0) is 35.6 Å². The lowest BCUT2D eigenvalue weighted by Crippen LogP contribution is -2.40. The van der Waals surface area contributed by atoms with Crippen molar-refractivity contribution in [2.45, 2.75) is 12.3 Å². The molecule has 0 bridgehead atoms. The summed E-state index contributed by atoms with van der Waals surface area (Å²) in [6.45, 7) is 2.51. The third-order valence-corrected chi connectivity index (χ3v) is 5.42. The number of pyridine rings is 1. The molecule has 4 nitrogen and oxygen atoms in total. The van der Waals surface area contributed by atoms with Crippen LogP contribution in [0.3, 0.4) is 0 Å². The van der Waals surface area contributed by atoms with Crippen molar-refractivity contribution in [3.8, 4) is 0 Å². The average molecular weight is 382 g/mol. The molecule has 4 aromatic rings. The second-order valence-electron chi connectivity index (χ2n) is 7.35. The number of H-pyrrole nitrogens is 1. The smallest absolute Gasteiger partial charge is 0.267 e. The predicted octanol–water partition coefficient (Wildman–Crippen LogP) is 4.26. The minimum atomic E-state index is -0.407. The molecule has 29 heavy (non-hydrogen) atoms. The molecule has 0 saturated heterocycles. The highest BCUT2D eigenvalue weighted by molar-refractivity contribution is 5.96. The van der Waals surface area contributed by atoms with Gasteiger partial charge in [0.1, 0.15) is 5.69 Å². The Labute approximate surface area is 169 Å². The van der Waals surface area contributed by atoms with Gasteiger partial charge in [-0.2, -0.15) is 0 Å². The summed E-state index contributed by atoms with van der Waals surface area (Å²) in [6, 6.07) is 29.2. The Morgan fingerprint density at radius 1 is 0.862 bits per heavy atom. The number of carbonyl (C=O) groups is 1. The summed E-state index contributed by atoms with van der Waals surface area (Å²) >= 11 is 0. The van der Waals surface area contributed by atoms with Crippen LogP contribution in [0.25, 0.3) is 10.8 Å². The number of amides is 1. The first-order valence-corrected chi connectivity index (χ1v) is 9.59. The Kier molecular flexibility index (Phi) is 5.00. The Morgan fingerprint density at radius 2 is 1.41 bits per heavy atom. The molecule has 1 heterocycles. The minimum Gasteiger partial charge on any atom is -0.350 e. The second-order valence-corrected chi connectivity index (χ2v) is 7.35. The molecule has 0 spiro atoms. The molecule has 4 heteroatoms. The van der Waals surface area contributed by atoms with Gasteiger partial charge in [0.15, 0.2) is 0 Å². The molecule has 0 atom stereocenters. The van der Waals surface area contributed by atoms with E-state index in [1.807, 2.05) is 54.6 Å². The molecule has 4 rings (SSSR count). The minimum absolute atomic E-state index is 0.261. The van der Waals surface area contributed by atoms with E-state index in [2.05, 4.69) is 41.5 Å². The summed E-state index contributed by atoms with van der Waals surface area (Å²) in [4.78, 5) is 27.9. The summed E-state index contributed by atoms with van der Waals surface area (Å²) in [5.74, 6) is -0.300. The first kappa shape index (κ1) is 18.7. The van der Waals surface area contributed by atoms with Crippen LogP contribution in [0.5, 0.6) is 0 Å². The van der Waals surface area contributed by atoms with Crippen LogP contribution in [0.2, 0.25) is 0 Å². The van der Waals surface area contributed by atoms with Crippen molar-refractivity contribution < 1.29 is 4.79 Å². The predicted molar refractivity (Wildman–Crippen MR) is 116 cm³/mol. The average Bonchev–Trinajstić information content (AvgIpc) is 2.78. The zero-order valence-corrected chi connectivity index (χ0v) is 16.2. The highest BCUT2D eigenvalue weighted by atomic mass is 16.2. The number of rotatable bonds is 5. The lowest BCUT2D eigenvalue weighted by molar-refractivity contribution is 0.0942. The highest BCUT2D eigenvalue weighted by Gasteiger charge is 2.29. The number of nitrogens with one attached hydrogen (secondary N) is 2. The SMILES string of the molecule is CC(CNC(=O)c1cc2ccccc2c(=O)[nH]1)(c1ccccc1)c1ccccc1. The van der Waals surface area contributed by atoms with Gasteiger partial charge in [-0.3, -0.25) is 9.59 Å². The summed E-state index contributed by atoms with van der Waals surface area (Å²) in [6.07, 6.45) is 0. The summed E-state index contributed by atoms with van der Waals surface area (Å²) < 4.78 is 0. The fraction of sp³-hybridized carbons (Fsp3) is 0.120. The Morgan fingerprint density at radius 3 is 2.03 bits per heavy atom. The first-order chi connectivity index (χ1) is 14.1. The van der Waals surface area contributed by atoms with E-state index in [-0.39, 0.29) is 17.2 Å². The lowest BCUT2D eigenvalue weighted by Gasteiger charge is -2.31. The maximum atomic E-state index is 12.9. The van der Waals surface area contributed by atoms with Crippen molar-refractivity contribution in [3.05, 3.63) is 118 Å². The molecular weight excluding hydrogens is 360 g/mol. The van der Waals surface area contributed by atoms with Gasteiger partial charge >= 0.3 is 0 Å². The van der Waals surface area contributed by atoms with E-state index in [0.717, 1.165) is 16.5 Å². The molecule has 144 valence electrons. The van der Waals surface area contributed by atoms with E-state index in [0.29, 0.717) is 11.9 Å². The Bertz CT molecular complexity index is 1160. The zero-order valence-electron chi connectivity index (χ0n) is 16.2. The van der Waals surface area contributed by atoms with Crippen molar-refractivity contribution in [3.63, 3.8) is 0 Å². The van der Waals surface area contributed by atoms with Gasteiger partial charge in [-0.25, -0.2) is 0 Å². The molecule has 0 aliphatic carbocycles. The number of aromatic amines is 1. The van der Waals surface area contributed by atoms with Crippen LogP contribution in [0.1, 0.15) is 28.5 Å². The standard InChI is InChI=1S/C25H22N2O2/c1-25(19-11-4-2-5-12-19,20-13-6-3-7-14-20)17-26-24(29)22-16-18-10-8-9-15-21(18)23(28)27-22/h2-16H,17H2,1H3,(H,26,29)(H,27,28). The van der Waals surface area contributed by atoms with Crippen molar-refractivity contribution in [2.24, 2.45) is 0 Å². The number of hydrogen-bond acceptors (Lipinski definition) is 2. The number of hydrogen-bond donors (Lipinski definition) is 2. The van der Waals surface area contributed by atoms with Crippen molar-refractivity contribution in [1.29, 1.82) is 0 Å². The van der Waals surface area contributed by atoms with E-state index in [4.69, 9.17) is 0 Å². The third kappa shape index (κ3) is 3.69. The van der Waals surface area contributed by atoms with E-state index >= 15 is 0 Å². The number of aromatic nitrogens is 1. The Balaban J connectivity index is 1.65. The lowest BCUT2D eigenvalue weighted by atomic mass is 9.76. The maximum Gasteiger partial charge on any atom is 0.267 e. The molecule has 1 aromatic heterocycles. The summed E-state index contributed by atoms with van der Waals surface area (Å²) in [5, 5.41) is 4.34. The first-order valence-electron chi connectivity index (χ1n) is 9.59. The van der Waals surface area contributed by atoms with Gasteiger partial charge < -0.3 is 10.3 Å². The molecule has 0 fully saturated rings. The number of carbonyl (C=O) groups excluding carboxylic acids is 1. The molecule has 2 N–H and O–H groups in total. The number of fused-ring (bicyclic) bond motifs is 1. The van der Waals surface area contributed by atoms with Crippen molar-refractivity contribution >= 4 is 16.7 Å². The topological polar surface area (TPSA) is 62.0 Å². The van der Waals surface area contributed by atoms with Gasteiger partial charge in [-0.15, -0.1) is 0 Å². The van der Waals surface area contributed by atoms with E-state index in [1.165, 1.54) is 0 Å². The fourth-order valence-electron chi connectivity index (χ4n) is 3.67. The number of benzene rings is 3. The normalized spacial score (nSPS) is 11.3. The van der Waals surface area contributed by atoms with Crippen molar-refractivity contribution in [1.82, 2.24) is 10.3 Å². The van der Waals surface area contributed by atoms with E-state index in [1.54, 1.807) is 12.1 Å². The largest absolute Gasteiger partial charge is 0.350 e. The molecule has 0 radical (unpaired) electrons. The molecule has 1 amide bonds. The highest BCUT2D eigenvalue weighted by Crippen LogP contribution is 2.31. The zero-order chi connectivity index (χ0) is 20.3. The monoisotopic (exact) mass is 382 g/mol. The van der Waals surface area contributed by atoms with Crippen LogP contribution in [0.15, 0.2) is 95.8 Å². The van der Waals surface area contributed by atoms with Gasteiger partial charge in [0.05, 0.1) is 0 Å². The molecule has 0 unspecified atom stereocenters. The van der Waals surface area contributed by atoms with Crippen LogP contribution in [0, 0.1) is 0 Å². The molecule has 0 saturated carbocycles. The molecular formula is C25H22N2O2. The van der Waals surface area contributed by atoms with Crippen LogP contribution in [-0.4, -0.2) is 17.4 Å². The van der Waals surface area contributed by atoms with Crippen LogP contribution >= 0.6 is 0 Å². The van der Waals surface area contributed by atoms with Crippen LogP contribution < -0.4 is 10.9 Å². The Hall–Kier alpha value is -3.66. The van der Waals surface area contributed by atoms with E-state index < -0.39 is 5.41 Å². The second kappa shape index (κ2) is 7.76. The molecule has 3 aromatic carbocycles. The van der Waals surface area contributed by atoms with Crippen LogP contribution in [-0.2, 0) is 5.41 Å². The van der Waals surface area contributed by atoms with Gasteiger partial charge in [0.2, 0.25) is 0 Å². The fourth-order valence-corrected chi connectivity index (χ4v) is 3.67. The quantitative estimate of drug-likeness (QED) is 0.542. The molecule has 0 aliphatic heterocycles. The van der Waals surface area contributed by atoms with E-state index in [9.17, 15) is 9.59 Å². The van der Waals surface area contributed by atoms with Gasteiger partial charge in [0, 0.05) is 17.3 Å². The summed E-state index contributed by atoms with van der Waals surface area (Å²) in [7, 11) is 0. The molecule has 0 aliphatic rings. The van der Waals surface area contributed by atoms with Crippen molar-refractivity contribution in [2.75, 3.05) is 6.54 Å².